The van der Waals surface area contributed by atoms with Gasteiger partial charge in [0.25, 0.3) is 0 Å². The molecule has 0 radical (unpaired) electrons. The van der Waals surface area contributed by atoms with E-state index in [0.717, 1.165) is 22.3 Å². The van der Waals surface area contributed by atoms with Crippen LogP contribution in [0.3, 0.4) is 0 Å². The van der Waals surface area contributed by atoms with Crippen LogP contribution in [0.1, 0.15) is 11.1 Å². The first kappa shape index (κ1) is 9.48. The number of nitrogens with zero attached hydrogens (tertiary/aromatic N) is 1. The lowest BCUT2D eigenvalue weighted by Crippen LogP contribution is -1.82. The molecule has 0 fully saturated rings. The highest BCUT2D eigenvalue weighted by atomic mass is 14.6. The number of pyridine rings is 1. The molecule has 1 aromatic carbocycles. The maximum Gasteiger partial charge on any atom is 0.0346 e. The molecule has 0 aliphatic carbocycles. The summed E-state index contributed by atoms with van der Waals surface area (Å²) in [6.07, 6.45) is 9.01. The summed E-state index contributed by atoms with van der Waals surface area (Å²) in [7, 11) is 0. The number of benzene rings is 1. The fourth-order valence-corrected chi connectivity index (χ4v) is 1.47. The second kappa shape index (κ2) is 3.98. The normalized spacial score (nSPS) is 9.60. The molecule has 1 heterocycles. The predicted octanol–water partition coefficient (Wildman–Crippen LogP) is 3.04. The van der Waals surface area contributed by atoms with E-state index in [2.05, 4.69) is 17.0 Å². The summed E-state index contributed by atoms with van der Waals surface area (Å²) in [5.74, 6) is 2.60. The molecule has 2 rings (SSSR count). The zero-order chi connectivity index (χ0) is 10.7. The van der Waals surface area contributed by atoms with E-state index in [1.165, 1.54) is 0 Å². The van der Waals surface area contributed by atoms with Gasteiger partial charge < -0.3 is 0 Å². The predicted molar refractivity (Wildman–Crippen MR) is 62.3 cm³/mol. The number of aryl methyl sites for hydroxylation is 1. The van der Waals surface area contributed by atoms with Gasteiger partial charge in [-0.2, -0.15) is 0 Å². The molecule has 1 heteroatoms. The molecule has 0 saturated carbocycles. The van der Waals surface area contributed by atoms with E-state index >= 15 is 0 Å². The molecule has 1 aromatic heterocycles. The lowest BCUT2D eigenvalue weighted by atomic mass is 10.0. The van der Waals surface area contributed by atoms with Gasteiger partial charge in [0, 0.05) is 23.5 Å². The Labute approximate surface area is 89.8 Å². The third kappa shape index (κ3) is 2.05. The number of rotatable bonds is 1. The van der Waals surface area contributed by atoms with E-state index in [-0.39, 0.29) is 0 Å². The van der Waals surface area contributed by atoms with Gasteiger partial charge in [-0.1, -0.05) is 18.1 Å². The van der Waals surface area contributed by atoms with Gasteiger partial charge in [0.1, 0.15) is 0 Å². The van der Waals surface area contributed by atoms with Gasteiger partial charge >= 0.3 is 0 Å². The van der Waals surface area contributed by atoms with Crippen molar-refractivity contribution in [3.63, 3.8) is 0 Å². The van der Waals surface area contributed by atoms with Crippen molar-refractivity contribution in [1.29, 1.82) is 0 Å². The van der Waals surface area contributed by atoms with E-state index in [9.17, 15) is 0 Å². The van der Waals surface area contributed by atoms with Gasteiger partial charge in [-0.3, -0.25) is 4.98 Å². The van der Waals surface area contributed by atoms with Crippen LogP contribution in [0.5, 0.6) is 0 Å². The quantitative estimate of drug-likeness (QED) is 0.634. The first-order chi connectivity index (χ1) is 7.29. The highest BCUT2D eigenvalue weighted by molar-refractivity contribution is 5.63. The molecule has 1 nitrogen and oxygen atoms in total. The summed E-state index contributed by atoms with van der Waals surface area (Å²) in [6.45, 7) is 2.03. The molecule has 72 valence electrons. The van der Waals surface area contributed by atoms with Crippen LogP contribution in [0.4, 0.5) is 0 Å². The van der Waals surface area contributed by atoms with Gasteiger partial charge in [-0.25, -0.2) is 0 Å². The standard InChI is InChI=1S/C14H11N/c1-3-12-4-6-13(7-5-12)14-8-11(2)9-15-10-14/h1,4-10H,2H3. The molecule has 0 N–H and O–H groups in total. The number of hydrogen-bond acceptors (Lipinski definition) is 1. The lowest BCUT2D eigenvalue weighted by molar-refractivity contribution is 1.27. The molecule has 0 atom stereocenters. The van der Waals surface area contributed by atoms with Crippen LogP contribution in [-0.2, 0) is 0 Å². The molecule has 2 aromatic rings. The van der Waals surface area contributed by atoms with Crippen LogP contribution < -0.4 is 0 Å². The summed E-state index contributed by atoms with van der Waals surface area (Å²) < 4.78 is 0. The maximum atomic E-state index is 5.30. The van der Waals surface area contributed by atoms with E-state index in [0.29, 0.717) is 0 Å². The van der Waals surface area contributed by atoms with Crippen LogP contribution in [0.2, 0.25) is 0 Å². The molecular formula is C14H11N. The van der Waals surface area contributed by atoms with Gasteiger partial charge in [-0.05, 0) is 36.2 Å². The van der Waals surface area contributed by atoms with Crippen molar-refractivity contribution >= 4 is 0 Å². The zero-order valence-electron chi connectivity index (χ0n) is 8.57. The van der Waals surface area contributed by atoms with E-state index < -0.39 is 0 Å². The van der Waals surface area contributed by atoms with Crippen molar-refractivity contribution in [2.45, 2.75) is 6.92 Å². The van der Waals surface area contributed by atoms with E-state index in [4.69, 9.17) is 6.42 Å². The zero-order valence-corrected chi connectivity index (χ0v) is 8.57. The Hall–Kier alpha value is -2.07. The Kier molecular flexibility index (Phi) is 2.51. The van der Waals surface area contributed by atoms with Crippen LogP contribution in [0, 0.1) is 19.3 Å². The molecule has 0 saturated heterocycles. The van der Waals surface area contributed by atoms with Crippen LogP contribution in [0.25, 0.3) is 11.1 Å². The first-order valence-electron chi connectivity index (χ1n) is 4.78. The molecule has 0 bridgehead atoms. The minimum absolute atomic E-state index is 0.902. The SMILES string of the molecule is C#Cc1ccc(-c2cncc(C)c2)cc1. The Morgan fingerprint density at radius 3 is 2.40 bits per heavy atom. The third-order valence-corrected chi connectivity index (χ3v) is 2.26. The summed E-state index contributed by atoms with van der Waals surface area (Å²) in [4.78, 5) is 4.16. The summed E-state index contributed by atoms with van der Waals surface area (Å²) in [5.41, 5.74) is 4.33. The maximum absolute atomic E-state index is 5.30. The van der Waals surface area contributed by atoms with E-state index in [1.54, 1.807) is 0 Å². The lowest BCUT2D eigenvalue weighted by Gasteiger charge is -2.02. The second-order valence-electron chi connectivity index (χ2n) is 3.47. The summed E-state index contributed by atoms with van der Waals surface area (Å²) in [6, 6.07) is 10.0. The Morgan fingerprint density at radius 2 is 1.80 bits per heavy atom. The minimum Gasteiger partial charge on any atom is -0.264 e. The van der Waals surface area contributed by atoms with Crippen LogP contribution >= 0.6 is 0 Å². The van der Waals surface area contributed by atoms with Crippen molar-refractivity contribution in [3.8, 4) is 23.5 Å². The largest absolute Gasteiger partial charge is 0.264 e. The highest BCUT2D eigenvalue weighted by Crippen LogP contribution is 2.19. The third-order valence-electron chi connectivity index (χ3n) is 2.26. The molecule has 0 aliphatic heterocycles. The average Bonchev–Trinajstić information content (AvgIpc) is 2.29. The molecule has 0 amide bonds. The first-order valence-corrected chi connectivity index (χ1v) is 4.78. The van der Waals surface area contributed by atoms with E-state index in [1.807, 2.05) is 43.6 Å². The van der Waals surface area contributed by atoms with Crippen LogP contribution in [-0.4, -0.2) is 4.98 Å². The monoisotopic (exact) mass is 193 g/mol. The fourth-order valence-electron chi connectivity index (χ4n) is 1.47. The smallest absolute Gasteiger partial charge is 0.0346 e. The number of hydrogen-bond donors (Lipinski definition) is 0. The summed E-state index contributed by atoms with van der Waals surface area (Å²) in [5, 5.41) is 0. The Balaban J connectivity index is 2.42. The minimum atomic E-state index is 0.902. The van der Waals surface area contributed by atoms with Crippen molar-refractivity contribution in [3.05, 3.63) is 53.9 Å². The van der Waals surface area contributed by atoms with Gasteiger partial charge in [0.05, 0.1) is 0 Å². The Bertz CT molecular complexity index is 504. The molecule has 0 unspecified atom stereocenters. The summed E-state index contributed by atoms with van der Waals surface area (Å²) >= 11 is 0. The van der Waals surface area contributed by atoms with Gasteiger partial charge in [0.15, 0.2) is 0 Å². The molecular weight excluding hydrogens is 182 g/mol. The van der Waals surface area contributed by atoms with Crippen molar-refractivity contribution in [1.82, 2.24) is 4.98 Å². The average molecular weight is 193 g/mol. The molecule has 15 heavy (non-hydrogen) atoms. The number of terminal acetylenes is 1. The topological polar surface area (TPSA) is 12.9 Å². The van der Waals surface area contributed by atoms with Crippen molar-refractivity contribution in [2.24, 2.45) is 0 Å². The number of aromatic nitrogens is 1. The fraction of sp³-hybridized carbons (Fsp3) is 0.0714. The van der Waals surface area contributed by atoms with Gasteiger partial charge in [0.2, 0.25) is 0 Å². The van der Waals surface area contributed by atoms with Gasteiger partial charge in [-0.15, -0.1) is 6.42 Å². The molecule has 0 aliphatic rings. The second-order valence-corrected chi connectivity index (χ2v) is 3.47. The van der Waals surface area contributed by atoms with Crippen molar-refractivity contribution in [2.75, 3.05) is 0 Å². The van der Waals surface area contributed by atoms with Crippen molar-refractivity contribution < 1.29 is 0 Å². The Morgan fingerprint density at radius 1 is 1.07 bits per heavy atom. The highest BCUT2D eigenvalue weighted by Gasteiger charge is 1.97. The van der Waals surface area contributed by atoms with Crippen LogP contribution in [0.15, 0.2) is 42.7 Å². The molecule has 0 spiro atoms.